The van der Waals surface area contributed by atoms with Gasteiger partial charge in [0.25, 0.3) is 0 Å². The summed E-state index contributed by atoms with van der Waals surface area (Å²) in [6.07, 6.45) is 1.85. The Morgan fingerprint density at radius 3 is 2.24 bits per heavy atom. The third-order valence-corrected chi connectivity index (χ3v) is 7.52. The summed E-state index contributed by atoms with van der Waals surface area (Å²) < 4.78 is 41.7. The molecule has 4 rings (SSSR count). The van der Waals surface area contributed by atoms with Crippen LogP contribution in [0.25, 0.3) is 0 Å². The molecule has 34 heavy (non-hydrogen) atoms. The van der Waals surface area contributed by atoms with E-state index in [1.807, 2.05) is 35.2 Å². The van der Waals surface area contributed by atoms with E-state index in [0.717, 1.165) is 5.56 Å². The van der Waals surface area contributed by atoms with Gasteiger partial charge in [0.15, 0.2) is 0 Å². The van der Waals surface area contributed by atoms with Crippen molar-refractivity contribution >= 4 is 27.3 Å². The standard InChI is InChI=1S/C26H28FN3O3S/c27-24-8-4-5-9-25(24)30-18-15-21(16-19-30)26(31)29-22-10-12-23(13-11-22)34(32,33)28-17-14-20-6-2-1-3-7-20/h1-13,21,28H,14-19H2,(H,29,31). The van der Waals surface area contributed by atoms with Crippen molar-refractivity contribution in [2.75, 3.05) is 29.9 Å². The van der Waals surface area contributed by atoms with Crippen molar-refractivity contribution in [3.05, 3.63) is 90.2 Å². The molecular formula is C26H28FN3O3S. The lowest BCUT2D eigenvalue weighted by atomic mass is 9.95. The van der Waals surface area contributed by atoms with E-state index in [2.05, 4.69) is 10.0 Å². The minimum absolute atomic E-state index is 0.107. The molecule has 1 amide bonds. The van der Waals surface area contributed by atoms with E-state index >= 15 is 0 Å². The van der Waals surface area contributed by atoms with Crippen molar-refractivity contribution in [3.8, 4) is 0 Å². The van der Waals surface area contributed by atoms with Crippen LogP contribution in [0.1, 0.15) is 18.4 Å². The van der Waals surface area contributed by atoms with Crippen molar-refractivity contribution in [1.29, 1.82) is 0 Å². The van der Waals surface area contributed by atoms with Gasteiger partial charge in [-0.1, -0.05) is 42.5 Å². The summed E-state index contributed by atoms with van der Waals surface area (Å²) in [4.78, 5) is 14.8. The average Bonchev–Trinajstić information content (AvgIpc) is 2.85. The first-order valence-electron chi connectivity index (χ1n) is 11.4. The maximum atomic E-state index is 14.0. The molecule has 0 atom stereocenters. The first kappa shape index (κ1) is 23.9. The Morgan fingerprint density at radius 1 is 0.912 bits per heavy atom. The summed E-state index contributed by atoms with van der Waals surface area (Å²) in [6, 6.07) is 22.5. The van der Waals surface area contributed by atoms with E-state index in [0.29, 0.717) is 50.3 Å². The SMILES string of the molecule is O=C(Nc1ccc(S(=O)(=O)NCCc2ccccc2)cc1)C1CCN(c2ccccc2F)CC1. The normalized spacial score (nSPS) is 14.7. The monoisotopic (exact) mass is 481 g/mol. The fourth-order valence-electron chi connectivity index (χ4n) is 4.11. The molecule has 0 radical (unpaired) electrons. The van der Waals surface area contributed by atoms with Crippen LogP contribution in [0.3, 0.4) is 0 Å². The van der Waals surface area contributed by atoms with Gasteiger partial charge in [0.1, 0.15) is 5.82 Å². The second-order valence-corrected chi connectivity index (χ2v) is 10.1. The molecule has 1 saturated heterocycles. The Balaban J connectivity index is 1.27. The lowest BCUT2D eigenvalue weighted by Gasteiger charge is -2.33. The number of sulfonamides is 1. The molecule has 0 bridgehead atoms. The minimum Gasteiger partial charge on any atom is -0.369 e. The second kappa shape index (κ2) is 10.8. The molecule has 0 spiro atoms. The van der Waals surface area contributed by atoms with E-state index < -0.39 is 10.0 Å². The topological polar surface area (TPSA) is 78.5 Å². The highest BCUT2D eigenvalue weighted by molar-refractivity contribution is 7.89. The number of rotatable bonds is 8. The van der Waals surface area contributed by atoms with Crippen LogP contribution in [0.5, 0.6) is 0 Å². The fourth-order valence-corrected chi connectivity index (χ4v) is 5.14. The average molecular weight is 482 g/mol. The van der Waals surface area contributed by atoms with Crippen LogP contribution in [0.15, 0.2) is 83.8 Å². The number of piperidine rings is 1. The molecule has 1 aliphatic rings. The molecule has 3 aromatic rings. The number of hydrogen-bond acceptors (Lipinski definition) is 4. The Bertz CT molecular complexity index is 1210. The maximum absolute atomic E-state index is 14.0. The quantitative estimate of drug-likeness (QED) is 0.506. The van der Waals surface area contributed by atoms with E-state index in [9.17, 15) is 17.6 Å². The third-order valence-electron chi connectivity index (χ3n) is 6.04. The Morgan fingerprint density at radius 2 is 1.56 bits per heavy atom. The fraction of sp³-hybridized carbons (Fsp3) is 0.269. The van der Waals surface area contributed by atoms with Crippen molar-refractivity contribution in [1.82, 2.24) is 4.72 Å². The van der Waals surface area contributed by atoms with Gasteiger partial charge in [0.2, 0.25) is 15.9 Å². The van der Waals surface area contributed by atoms with E-state index in [-0.39, 0.29) is 22.5 Å². The molecule has 178 valence electrons. The predicted octanol–water partition coefficient (Wildman–Crippen LogP) is 4.20. The highest BCUT2D eigenvalue weighted by atomic mass is 32.2. The molecular weight excluding hydrogens is 453 g/mol. The van der Waals surface area contributed by atoms with Crippen molar-refractivity contribution < 1.29 is 17.6 Å². The van der Waals surface area contributed by atoms with Gasteiger partial charge in [-0.15, -0.1) is 0 Å². The number of nitrogens with zero attached hydrogens (tertiary/aromatic N) is 1. The van der Waals surface area contributed by atoms with Crippen LogP contribution < -0.4 is 14.9 Å². The largest absolute Gasteiger partial charge is 0.369 e. The lowest BCUT2D eigenvalue weighted by molar-refractivity contribution is -0.120. The van der Waals surface area contributed by atoms with E-state index in [1.54, 1.807) is 30.3 Å². The second-order valence-electron chi connectivity index (χ2n) is 8.36. The lowest BCUT2D eigenvalue weighted by Crippen LogP contribution is -2.38. The number of carbonyl (C=O) groups is 1. The molecule has 1 heterocycles. The number of hydrogen-bond donors (Lipinski definition) is 2. The highest BCUT2D eigenvalue weighted by Gasteiger charge is 2.26. The van der Waals surface area contributed by atoms with Gasteiger partial charge < -0.3 is 10.2 Å². The van der Waals surface area contributed by atoms with Crippen LogP contribution in [0.2, 0.25) is 0 Å². The number of benzene rings is 3. The van der Waals surface area contributed by atoms with E-state index in [1.165, 1.54) is 18.2 Å². The summed E-state index contributed by atoms with van der Waals surface area (Å²) in [5.41, 5.74) is 2.17. The van der Waals surface area contributed by atoms with Gasteiger partial charge in [-0.05, 0) is 61.2 Å². The maximum Gasteiger partial charge on any atom is 0.240 e. The molecule has 2 N–H and O–H groups in total. The summed E-state index contributed by atoms with van der Waals surface area (Å²) in [6.45, 7) is 1.51. The summed E-state index contributed by atoms with van der Waals surface area (Å²) in [7, 11) is -3.63. The number of halogens is 1. The predicted molar refractivity (Wildman–Crippen MR) is 132 cm³/mol. The molecule has 3 aromatic carbocycles. The van der Waals surface area contributed by atoms with Gasteiger partial charge in [0.05, 0.1) is 10.6 Å². The Labute approximate surface area is 199 Å². The summed E-state index contributed by atoms with van der Waals surface area (Å²) in [5.74, 6) is -0.536. The number of amides is 1. The zero-order valence-electron chi connectivity index (χ0n) is 18.8. The minimum atomic E-state index is -3.63. The zero-order chi connectivity index (χ0) is 24.0. The van der Waals surface area contributed by atoms with Crippen molar-refractivity contribution in [3.63, 3.8) is 0 Å². The van der Waals surface area contributed by atoms with Gasteiger partial charge in [-0.3, -0.25) is 4.79 Å². The molecule has 0 unspecified atom stereocenters. The molecule has 0 aromatic heterocycles. The first-order chi connectivity index (χ1) is 16.4. The van der Waals surface area contributed by atoms with Crippen LogP contribution in [0.4, 0.5) is 15.8 Å². The van der Waals surface area contributed by atoms with Crippen LogP contribution in [-0.2, 0) is 21.2 Å². The van der Waals surface area contributed by atoms with Gasteiger partial charge in [0, 0.05) is 31.2 Å². The summed E-state index contributed by atoms with van der Waals surface area (Å²) >= 11 is 0. The van der Waals surface area contributed by atoms with Crippen LogP contribution >= 0.6 is 0 Å². The van der Waals surface area contributed by atoms with Gasteiger partial charge in [-0.25, -0.2) is 17.5 Å². The van der Waals surface area contributed by atoms with Gasteiger partial charge >= 0.3 is 0 Å². The molecule has 0 saturated carbocycles. The zero-order valence-corrected chi connectivity index (χ0v) is 19.6. The number of anilines is 2. The smallest absolute Gasteiger partial charge is 0.240 e. The molecule has 8 heteroatoms. The number of para-hydroxylation sites is 1. The third kappa shape index (κ3) is 6.01. The van der Waals surface area contributed by atoms with Crippen molar-refractivity contribution in [2.24, 2.45) is 5.92 Å². The molecule has 6 nitrogen and oxygen atoms in total. The van der Waals surface area contributed by atoms with Crippen LogP contribution in [0, 0.1) is 11.7 Å². The van der Waals surface area contributed by atoms with Crippen LogP contribution in [-0.4, -0.2) is 34.0 Å². The molecule has 0 aliphatic carbocycles. The first-order valence-corrected chi connectivity index (χ1v) is 12.8. The number of carbonyl (C=O) groups excluding carboxylic acids is 1. The molecule has 1 fully saturated rings. The Hall–Kier alpha value is -3.23. The number of nitrogens with one attached hydrogen (secondary N) is 2. The molecule has 1 aliphatic heterocycles. The van der Waals surface area contributed by atoms with Crippen molar-refractivity contribution in [2.45, 2.75) is 24.2 Å². The Kier molecular flexibility index (Phi) is 7.59. The van der Waals surface area contributed by atoms with E-state index in [4.69, 9.17) is 0 Å². The highest BCUT2D eigenvalue weighted by Crippen LogP contribution is 2.26. The van der Waals surface area contributed by atoms with Gasteiger partial charge in [-0.2, -0.15) is 0 Å². The summed E-state index contributed by atoms with van der Waals surface area (Å²) in [5, 5.41) is 2.87.